The van der Waals surface area contributed by atoms with Gasteiger partial charge in [-0.25, -0.2) is 0 Å². The number of carbonyl (C=O) groups excluding carboxylic acids is 1. The lowest BCUT2D eigenvalue weighted by molar-refractivity contribution is -0.119. The SMILES string of the molecule is COc1ccc(Cl)c(C(O)C(O)CNC(C)=O)c1. The van der Waals surface area contributed by atoms with Gasteiger partial charge >= 0.3 is 0 Å². The molecule has 0 heterocycles. The molecular formula is C12H16ClNO4. The highest BCUT2D eigenvalue weighted by molar-refractivity contribution is 6.31. The van der Waals surface area contributed by atoms with Crippen LogP contribution >= 0.6 is 11.6 Å². The maximum absolute atomic E-state index is 10.7. The number of aliphatic hydroxyl groups is 2. The van der Waals surface area contributed by atoms with E-state index in [0.717, 1.165) is 0 Å². The molecule has 0 aliphatic carbocycles. The van der Waals surface area contributed by atoms with Crippen molar-refractivity contribution < 1.29 is 19.7 Å². The largest absolute Gasteiger partial charge is 0.497 e. The Bertz CT molecular complexity index is 425. The second-order valence-electron chi connectivity index (χ2n) is 3.84. The van der Waals surface area contributed by atoms with Crippen LogP contribution in [0.2, 0.25) is 5.02 Å². The number of ether oxygens (including phenoxy) is 1. The van der Waals surface area contributed by atoms with E-state index in [2.05, 4.69) is 5.32 Å². The van der Waals surface area contributed by atoms with Crippen molar-refractivity contribution in [2.24, 2.45) is 0 Å². The van der Waals surface area contributed by atoms with Gasteiger partial charge in [0.05, 0.1) is 7.11 Å². The molecule has 18 heavy (non-hydrogen) atoms. The zero-order chi connectivity index (χ0) is 13.7. The van der Waals surface area contributed by atoms with Crippen molar-refractivity contribution in [2.45, 2.75) is 19.1 Å². The van der Waals surface area contributed by atoms with Crippen LogP contribution in [0.4, 0.5) is 0 Å². The van der Waals surface area contributed by atoms with Gasteiger partial charge in [0.2, 0.25) is 5.91 Å². The first kappa shape index (κ1) is 14.8. The Kier molecular flexibility index (Phi) is 5.40. The standard InChI is InChI=1S/C12H16ClNO4/c1-7(15)14-6-11(16)12(17)9-5-8(18-2)3-4-10(9)13/h3-5,11-12,16-17H,6H2,1-2H3,(H,14,15). The quantitative estimate of drug-likeness (QED) is 0.744. The molecular weight excluding hydrogens is 258 g/mol. The second-order valence-corrected chi connectivity index (χ2v) is 4.24. The van der Waals surface area contributed by atoms with Crippen LogP contribution in [-0.4, -0.2) is 35.9 Å². The molecule has 3 N–H and O–H groups in total. The summed E-state index contributed by atoms with van der Waals surface area (Å²) >= 11 is 5.94. The molecule has 0 aliphatic rings. The van der Waals surface area contributed by atoms with Gasteiger partial charge in [-0.2, -0.15) is 0 Å². The molecule has 0 spiro atoms. The first-order chi connectivity index (χ1) is 8.45. The van der Waals surface area contributed by atoms with Crippen LogP contribution in [0.25, 0.3) is 0 Å². The van der Waals surface area contributed by atoms with Gasteiger partial charge in [-0.15, -0.1) is 0 Å². The predicted octanol–water partition coefficient (Wildman–Crippen LogP) is 0.879. The highest BCUT2D eigenvalue weighted by atomic mass is 35.5. The topological polar surface area (TPSA) is 78.8 Å². The van der Waals surface area contributed by atoms with E-state index >= 15 is 0 Å². The zero-order valence-electron chi connectivity index (χ0n) is 10.2. The minimum atomic E-state index is -1.19. The van der Waals surface area contributed by atoms with E-state index in [1.165, 1.54) is 14.0 Å². The smallest absolute Gasteiger partial charge is 0.216 e. The van der Waals surface area contributed by atoms with E-state index in [4.69, 9.17) is 16.3 Å². The number of nitrogens with one attached hydrogen (secondary N) is 1. The predicted molar refractivity (Wildman–Crippen MR) is 67.7 cm³/mol. The first-order valence-corrected chi connectivity index (χ1v) is 5.77. The molecule has 0 bridgehead atoms. The Hall–Kier alpha value is -1.30. The third-order valence-electron chi connectivity index (χ3n) is 2.45. The number of halogens is 1. The third-order valence-corrected chi connectivity index (χ3v) is 2.79. The molecule has 5 nitrogen and oxygen atoms in total. The summed E-state index contributed by atoms with van der Waals surface area (Å²) in [6.07, 6.45) is -2.34. The van der Waals surface area contributed by atoms with E-state index in [1.54, 1.807) is 18.2 Å². The highest BCUT2D eigenvalue weighted by Crippen LogP contribution is 2.29. The summed E-state index contributed by atoms with van der Waals surface area (Å²) in [6, 6.07) is 4.77. The van der Waals surface area contributed by atoms with Crippen LogP contribution < -0.4 is 10.1 Å². The van der Waals surface area contributed by atoms with Gasteiger partial charge in [-0.1, -0.05) is 11.6 Å². The van der Waals surface area contributed by atoms with Gasteiger partial charge < -0.3 is 20.3 Å². The van der Waals surface area contributed by atoms with Crippen LogP contribution in [0.15, 0.2) is 18.2 Å². The Morgan fingerprint density at radius 1 is 1.50 bits per heavy atom. The number of methoxy groups -OCH3 is 1. The zero-order valence-corrected chi connectivity index (χ0v) is 10.9. The molecule has 1 amide bonds. The van der Waals surface area contributed by atoms with Crippen LogP contribution in [0.3, 0.4) is 0 Å². The van der Waals surface area contributed by atoms with Gasteiger partial charge in [0.1, 0.15) is 18.0 Å². The summed E-state index contributed by atoms with van der Waals surface area (Å²) in [4.78, 5) is 10.7. The summed E-state index contributed by atoms with van der Waals surface area (Å²) in [6.45, 7) is 1.28. The van der Waals surface area contributed by atoms with Crippen molar-refractivity contribution in [1.29, 1.82) is 0 Å². The summed E-state index contributed by atoms with van der Waals surface area (Å²) in [5.41, 5.74) is 0.355. The fourth-order valence-corrected chi connectivity index (χ4v) is 1.67. The van der Waals surface area contributed by atoms with Crippen molar-refractivity contribution in [2.75, 3.05) is 13.7 Å². The number of carbonyl (C=O) groups is 1. The highest BCUT2D eigenvalue weighted by Gasteiger charge is 2.21. The lowest BCUT2D eigenvalue weighted by Crippen LogP contribution is -2.34. The average Bonchev–Trinajstić information content (AvgIpc) is 2.35. The van der Waals surface area contributed by atoms with Gasteiger partial charge in [0.15, 0.2) is 0 Å². The maximum Gasteiger partial charge on any atom is 0.216 e. The molecule has 1 aromatic carbocycles. The molecule has 0 aliphatic heterocycles. The van der Waals surface area contributed by atoms with Crippen LogP contribution in [-0.2, 0) is 4.79 Å². The summed E-state index contributed by atoms with van der Waals surface area (Å²) in [5, 5.41) is 22.5. The number of aliphatic hydroxyl groups excluding tert-OH is 2. The van der Waals surface area contributed by atoms with Gasteiger partial charge in [0, 0.05) is 24.1 Å². The van der Waals surface area contributed by atoms with Crippen LogP contribution in [0.1, 0.15) is 18.6 Å². The molecule has 0 saturated carbocycles. The van der Waals surface area contributed by atoms with Crippen LogP contribution in [0.5, 0.6) is 5.75 Å². The van der Waals surface area contributed by atoms with Crippen molar-refractivity contribution in [3.8, 4) is 5.75 Å². The maximum atomic E-state index is 10.7. The number of benzene rings is 1. The van der Waals surface area contributed by atoms with Gasteiger partial charge in [0.25, 0.3) is 0 Å². The van der Waals surface area contributed by atoms with Crippen molar-refractivity contribution in [3.63, 3.8) is 0 Å². The van der Waals surface area contributed by atoms with Gasteiger partial charge in [-0.3, -0.25) is 4.79 Å². The summed E-state index contributed by atoms with van der Waals surface area (Å²) < 4.78 is 5.02. The van der Waals surface area contributed by atoms with Crippen molar-refractivity contribution in [1.82, 2.24) is 5.32 Å². The Morgan fingerprint density at radius 3 is 2.72 bits per heavy atom. The van der Waals surface area contributed by atoms with Crippen molar-refractivity contribution >= 4 is 17.5 Å². The van der Waals surface area contributed by atoms with E-state index in [9.17, 15) is 15.0 Å². The van der Waals surface area contributed by atoms with E-state index in [0.29, 0.717) is 16.3 Å². The monoisotopic (exact) mass is 273 g/mol. The Labute approximate surface area is 110 Å². The Morgan fingerprint density at radius 2 is 2.17 bits per heavy atom. The molecule has 100 valence electrons. The van der Waals surface area contributed by atoms with Crippen molar-refractivity contribution in [3.05, 3.63) is 28.8 Å². The molecule has 2 atom stereocenters. The van der Waals surface area contributed by atoms with E-state index in [-0.39, 0.29) is 12.5 Å². The lowest BCUT2D eigenvalue weighted by Gasteiger charge is -2.19. The van der Waals surface area contributed by atoms with Crippen LogP contribution in [0, 0.1) is 0 Å². The number of amides is 1. The molecule has 1 rings (SSSR count). The molecule has 0 aromatic heterocycles. The summed E-state index contributed by atoms with van der Waals surface area (Å²) in [7, 11) is 1.49. The fraction of sp³-hybridized carbons (Fsp3) is 0.417. The fourth-order valence-electron chi connectivity index (χ4n) is 1.44. The van der Waals surface area contributed by atoms with E-state index in [1.807, 2.05) is 0 Å². The van der Waals surface area contributed by atoms with E-state index < -0.39 is 12.2 Å². The Balaban J connectivity index is 2.81. The number of hydrogen-bond acceptors (Lipinski definition) is 4. The molecule has 6 heteroatoms. The minimum absolute atomic E-state index is 0.0515. The lowest BCUT2D eigenvalue weighted by atomic mass is 10.0. The minimum Gasteiger partial charge on any atom is -0.497 e. The second kappa shape index (κ2) is 6.58. The molecule has 0 fully saturated rings. The molecule has 2 unspecified atom stereocenters. The molecule has 1 aromatic rings. The number of rotatable bonds is 5. The molecule has 0 radical (unpaired) electrons. The van der Waals surface area contributed by atoms with Gasteiger partial charge in [-0.05, 0) is 18.2 Å². The normalized spacial score (nSPS) is 13.8. The first-order valence-electron chi connectivity index (χ1n) is 5.39. The number of hydrogen-bond donors (Lipinski definition) is 3. The third kappa shape index (κ3) is 3.87. The molecule has 0 saturated heterocycles. The summed E-state index contributed by atoms with van der Waals surface area (Å²) in [5.74, 6) is 0.248. The average molecular weight is 274 g/mol.